The SMILES string of the molecule is CN(c1ccc(-c2cc(F)c(-c3cnn(C)c(=O)c3)cc2O)nn1)C1C[C@H]2CCC[C@@H](C1)N2. The van der Waals surface area contributed by atoms with Crippen molar-refractivity contribution in [1.29, 1.82) is 0 Å². The van der Waals surface area contributed by atoms with Crippen molar-refractivity contribution in [3.8, 4) is 28.1 Å². The lowest BCUT2D eigenvalue weighted by molar-refractivity contribution is 0.219. The van der Waals surface area contributed by atoms with E-state index in [1.54, 1.807) is 6.07 Å². The number of aromatic nitrogens is 4. The van der Waals surface area contributed by atoms with Gasteiger partial charge in [0.15, 0.2) is 5.82 Å². The summed E-state index contributed by atoms with van der Waals surface area (Å²) in [6.07, 6.45) is 7.30. The highest BCUT2D eigenvalue weighted by atomic mass is 19.1. The fourth-order valence-corrected chi connectivity index (χ4v) is 5.00. The van der Waals surface area contributed by atoms with Crippen molar-refractivity contribution in [3.05, 3.63) is 52.7 Å². The third-order valence-electron chi connectivity index (χ3n) is 6.89. The molecule has 9 heteroatoms. The molecular formula is C24H27FN6O2. The molecule has 4 heterocycles. The fraction of sp³-hybridized carbons (Fsp3) is 0.417. The van der Waals surface area contributed by atoms with Gasteiger partial charge in [-0.15, -0.1) is 10.2 Å². The number of aromatic hydroxyl groups is 1. The second-order valence-electron chi connectivity index (χ2n) is 9.06. The quantitative estimate of drug-likeness (QED) is 0.631. The van der Waals surface area contributed by atoms with Crippen molar-refractivity contribution >= 4 is 5.82 Å². The monoisotopic (exact) mass is 450 g/mol. The van der Waals surface area contributed by atoms with Gasteiger partial charge in [-0.3, -0.25) is 4.79 Å². The van der Waals surface area contributed by atoms with E-state index in [1.165, 1.54) is 50.7 Å². The van der Waals surface area contributed by atoms with Crippen LogP contribution in [-0.4, -0.2) is 50.3 Å². The Balaban J connectivity index is 1.38. The minimum atomic E-state index is -0.581. The molecule has 3 atom stereocenters. The lowest BCUT2D eigenvalue weighted by Crippen LogP contribution is -2.54. The molecule has 2 aliphatic rings. The number of hydrogen-bond donors (Lipinski definition) is 2. The maximum Gasteiger partial charge on any atom is 0.267 e. The number of fused-ring (bicyclic) bond motifs is 2. The number of hydrogen-bond acceptors (Lipinski definition) is 7. The summed E-state index contributed by atoms with van der Waals surface area (Å²) in [4.78, 5) is 14.0. The largest absolute Gasteiger partial charge is 0.507 e. The lowest BCUT2D eigenvalue weighted by atomic mass is 9.83. The molecular weight excluding hydrogens is 423 g/mol. The molecule has 1 aromatic carbocycles. The molecule has 2 aromatic heterocycles. The molecule has 0 spiro atoms. The Bertz CT molecular complexity index is 1220. The van der Waals surface area contributed by atoms with Crippen molar-refractivity contribution < 1.29 is 9.50 Å². The number of halogens is 1. The number of aryl methyl sites for hydroxylation is 1. The zero-order valence-electron chi connectivity index (χ0n) is 18.7. The zero-order chi connectivity index (χ0) is 23.1. The standard InChI is InChI=1S/C24H27FN6O2/c1-30(17-9-15-4-3-5-16(10-17)27-15)23-7-6-21(28-29-23)19-11-20(25)18(12-22(19)32)14-8-24(33)31(2)26-13-14/h6-8,11-13,15-17,27,32H,3-5,9-10H2,1-2H3/t15-,16+,17?. The van der Waals surface area contributed by atoms with Gasteiger partial charge >= 0.3 is 0 Å². The third-order valence-corrected chi connectivity index (χ3v) is 6.89. The van der Waals surface area contributed by atoms with E-state index in [1.807, 2.05) is 13.1 Å². The van der Waals surface area contributed by atoms with Crippen LogP contribution in [0.5, 0.6) is 5.75 Å². The highest BCUT2D eigenvalue weighted by Gasteiger charge is 2.33. The molecule has 8 nitrogen and oxygen atoms in total. The van der Waals surface area contributed by atoms with Crippen LogP contribution >= 0.6 is 0 Å². The van der Waals surface area contributed by atoms with Gasteiger partial charge in [-0.05, 0) is 49.9 Å². The van der Waals surface area contributed by atoms with E-state index < -0.39 is 5.82 Å². The summed E-state index contributed by atoms with van der Waals surface area (Å²) in [6, 6.07) is 8.92. The summed E-state index contributed by atoms with van der Waals surface area (Å²) in [7, 11) is 3.55. The number of phenols is 1. The maximum absolute atomic E-state index is 14.9. The number of nitrogens with one attached hydrogen (secondary N) is 1. The van der Waals surface area contributed by atoms with Crippen molar-refractivity contribution in [3.63, 3.8) is 0 Å². The Morgan fingerprint density at radius 1 is 1.12 bits per heavy atom. The Morgan fingerprint density at radius 3 is 2.55 bits per heavy atom. The van der Waals surface area contributed by atoms with E-state index >= 15 is 0 Å². The number of benzene rings is 1. The molecule has 2 bridgehead atoms. The average Bonchev–Trinajstić information content (AvgIpc) is 2.81. The van der Waals surface area contributed by atoms with Crippen LogP contribution in [0.15, 0.2) is 41.3 Å². The molecule has 33 heavy (non-hydrogen) atoms. The van der Waals surface area contributed by atoms with E-state index in [0.29, 0.717) is 29.4 Å². The molecule has 0 radical (unpaired) electrons. The highest BCUT2D eigenvalue weighted by Crippen LogP contribution is 2.35. The Hall–Kier alpha value is -3.33. The smallest absolute Gasteiger partial charge is 0.267 e. The molecule has 1 unspecified atom stereocenters. The Kier molecular flexibility index (Phi) is 5.57. The van der Waals surface area contributed by atoms with Crippen molar-refractivity contribution in [1.82, 2.24) is 25.3 Å². The van der Waals surface area contributed by atoms with Crippen LogP contribution in [0.3, 0.4) is 0 Å². The average molecular weight is 451 g/mol. The topological polar surface area (TPSA) is 96.2 Å². The first-order valence-electron chi connectivity index (χ1n) is 11.3. The van der Waals surface area contributed by atoms with E-state index in [4.69, 9.17) is 0 Å². The highest BCUT2D eigenvalue weighted by molar-refractivity contribution is 5.74. The summed E-state index contributed by atoms with van der Waals surface area (Å²) in [5, 5.41) is 26.8. The second kappa shape index (κ2) is 8.55. The van der Waals surface area contributed by atoms with Crippen LogP contribution in [0, 0.1) is 5.82 Å². The first kappa shape index (κ1) is 21.5. The van der Waals surface area contributed by atoms with Gasteiger partial charge in [-0.2, -0.15) is 5.10 Å². The van der Waals surface area contributed by atoms with E-state index in [2.05, 4.69) is 25.5 Å². The summed E-state index contributed by atoms with van der Waals surface area (Å²) in [6.45, 7) is 0. The van der Waals surface area contributed by atoms with Crippen LogP contribution in [0.4, 0.5) is 10.2 Å². The third kappa shape index (κ3) is 4.20. The molecule has 5 rings (SSSR count). The molecule has 0 saturated carbocycles. The normalized spacial score (nSPS) is 22.2. The molecule has 2 fully saturated rings. The molecule has 0 aliphatic carbocycles. The Labute approximate surface area is 191 Å². The summed E-state index contributed by atoms with van der Waals surface area (Å²) < 4.78 is 16.0. The number of anilines is 1. The van der Waals surface area contributed by atoms with Gasteiger partial charge in [0.2, 0.25) is 0 Å². The number of piperidine rings is 2. The fourth-order valence-electron chi connectivity index (χ4n) is 5.00. The molecule has 2 aliphatic heterocycles. The van der Waals surface area contributed by atoms with Crippen LogP contribution in [0.2, 0.25) is 0 Å². The zero-order valence-corrected chi connectivity index (χ0v) is 18.7. The molecule has 3 aromatic rings. The first-order valence-corrected chi connectivity index (χ1v) is 11.3. The van der Waals surface area contributed by atoms with Gasteiger partial charge < -0.3 is 15.3 Å². The van der Waals surface area contributed by atoms with Crippen LogP contribution in [-0.2, 0) is 7.05 Å². The van der Waals surface area contributed by atoms with E-state index in [0.717, 1.165) is 23.3 Å². The first-order chi connectivity index (χ1) is 15.9. The lowest BCUT2D eigenvalue weighted by Gasteiger charge is -2.43. The minimum Gasteiger partial charge on any atom is -0.507 e. The predicted octanol–water partition coefficient (Wildman–Crippen LogP) is 2.86. The summed E-state index contributed by atoms with van der Waals surface area (Å²) in [5.74, 6) is 0.0299. The molecule has 2 N–H and O–H groups in total. The van der Waals surface area contributed by atoms with Gasteiger partial charge in [0.1, 0.15) is 11.6 Å². The molecule has 2 saturated heterocycles. The van der Waals surface area contributed by atoms with Crippen LogP contribution in [0.25, 0.3) is 22.4 Å². The van der Waals surface area contributed by atoms with Crippen molar-refractivity contribution in [2.45, 2.75) is 50.2 Å². The number of rotatable bonds is 4. The Morgan fingerprint density at radius 2 is 1.88 bits per heavy atom. The molecule has 172 valence electrons. The number of nitrogens with zero attached hydrogens (tertiary/aromatic N) is 5. The second-order valence-corrected chi connectivity index (χ2v) is 9.06. The van der Waals surface area contributed by atoms with E-state index in [-0.39, 0.29) is 22.4 Å². The van der Waals surface area contributed by atoms with Gasteiger partial charge in [0, 0.05) is 55.0 Å². The minimum absolute atomic E-state index is 0.0993. The predicted molar refractivity (Wildman–Crippen MR) is 124 cm³/mol. The van der Waals surface area contributed by atoms with Crippen molar-refractivity contribution in [2.75, 3.05) is 11.9 Å². The summed E-state index contributed by atoms with van der Waals surface area (Å²) >= 11 is 0. The van der Waals surface area contributed by atoms with E-state index in [9.17, 15) is 14.3 Å². The molecule has 0 amide bonds. The van der Waals surface area contributed by atoms with Gasteiger partial charge in [-0.1, -0.05) is 6.42 Å². The van der Waals surface area contributed by atoms with Crippen molar-refractivity contribution in [2.24, 2.45) is 7.05 Å². The van der Waals surface area contributed by atoms with Gasteiger partial charge in [-0.25, -0.2) is 9.07 Å². The van der Waals surface area contributed by atoms with Crippen LogP contribution in [0.1, 0.15) is 32.1 Å². The number of phenolic OH excluding ortho intramolecular Hbond substituents is 1. The van der Waals surface area contributed by atoms with Gasteiger partial charge in [0.25, 0.3) is 5.56 Å². The summed E-state index contributed by atoms with van der Waals surface area (Å²) in [5.41, 5.74) is 0.651. The van der Waals surface area contributed by atoms with Crippen LogP contribution < -0.4 is 15.8 Å². The van der Waals surface area contributed by atoms with Gasteiger partial charge in [0.05, 0.1) is 11.9 Å². The maximum atomic E-state index is 14.9.